The number of phenolic OH excluding ortho intramolecular Hbond substituents is 1. The normalized spacial score (nSPS) is 10.9. The molecule has 8 heteroatoms. The number of anilines is 1. The lowest BCUT2D eigenvalue weighted by molar-refractivity contribution is 0.474. The van der Waals surface area contributed by atoms with Crippen LogP contribution in [0.3, 0.4) is 0 Å². The molecule has 0 saturated carbocycles. The summed E-state index contributed by atoms with van der Waals surface area (Å²) >= 11 is 8.92. The summed E-state index contributed by atoms with van der Waals surface area (Å²) in [4.78, 5) is -0.106. The second-order valence-electron chi connectivity index (χ2n) is 3.99. The minimum atomic E-state index is -3.92. The van der Waals surface area contributed by atoms with E-state index >= 15 is 0 Å². The Labute approximate surface area is 135 Å². The van der Waals surface area contributed by atoms with Crippen molar-refractivity contribution >= 4 is 43.2 Å². The molecule has 21 heavy (non-hydrogen) atoms. The number of benzene rings is 2. The van der Waals surface area contributed by atoms with Crippen LogP contribution in [-0.4, -0.2) is 13.5 Å². The van der Waals surface area contributed by atoms with Crippen molar-refractivity contribution in [1.82, 2.24) is 0 Å². The first-order valence-corrected chi connectivity index (χ1v) is 8.20. The molecule has 0 aliphatic heterocycles. The lowest BCUT2D eigenvalue weighted by Crippen LogP contribution is -2.13. The number of sulfonamides is 1. The fourth-order valence-corrected chi connectivity index (χ4v) is 3.30. The molecule has 0 fully saturated rings. The summed E-state index contributed by atoms with van der Waals surface area (Å²) < 4.78 is 27.1. The predicted molar refractivity (Wildman–Crippen MR) is 82.8 cm³/mol. The van der Waals surface area contributed by atoms with Crippen molar-refractivity contribution in [2.45, 2.75) is 4.90 Å². The number of nitrogens with zero attached hydrogens (tertiary/aromatic N) is 1. The van der Waals surface area contributed by atoms with E-state index in [1.807, 2.05) is 6.07 Å². The Bertz CT molecular complexity index is 847. The summed E-state index contributed by atoms with van der Waals surface area (Å²) in [6.45, 7) is 0. The van der Waals surface area contributed by atoms with E-state index in [1.165, 1.54) is 24.3 Å². The maximum absolute atomic E-state index is 12.2. The highest BCUT2D eigenvalue weighted by molar-refractivity contribution is 9.10. The summed E-state index contributed by atoms with van der Waals surface area (Å²) in [5.74, 6) is -0.221. The molecule has 0 aromatic heterocycles. The third-order valence-electron chi connectivity index (χ3n) is 2.60. The van der Waals surface area contributed by atoms with E-state index < -0.39 is 10.0 Å². The van der Waals surface area contributed by atoms with Gasteiger partial charge in [0.2, 0.25) is 0 Å². The van der Waals surface area contributed by atoms with Gasteiger partial charge in [-0.25, -0.2) is 8.42 Å². The molecule has 0 aliphatic carbocycles. The molecule has 0 amide bonds. The number of nitriles is 1. The monoisotopic (exact) mass is 386 g/mol. The number of hydrogen-bond donors (Lipinski definition) is 2. The number of hydrogen-bond acceptors (Lipinski definition) is 4. The lowest BCUT2D eigenvalue weighted by atomic mass is 10.2. The molecule has 2 aromatic rings. The summed E-state index contributed by atoms with van der Waals surface area (Å²) in [6, 6.07) is 10.2. The molecule has 108 valence electrons. The van der Waals surface area contributed by atoms with Gasteiger partial charge in [-0.2, -0.15) is 5.26 Å². The molecule has 0 radical (unpaired) electrons. The van der Waals surface area contributed by atoms with Crippen LogP contribution < -0.4 is 4.72 Å². The third kappa shape index (κ3) is 3.29. The highest BCUT2D eigenvalue weighted by Crippen LogP contribution is 2.33. The summed E-state index contributed by atoms with van der Waals surface area (Å²) in [6.07, 6.45) is 0. The first-order chi connectivity index (χ1) is 9.85. The molecular weight excluding hydrogens is 380 g/mol. The maximum Gasteiger partial charge on any atom is 0.262 e. The number of rotatable bonds is 3. The van der Waals surface area contributed by atoms with E-state index in [0.717, 1.165) is 0 Å². The molecule has 0 saturated heterocycles. The van der Waals surface area contributed by atoms with Crippen molar-refractivity contribution in [2.75, 3.05) is 4.72 Å². The van der Waals surface area contributed by atoms with Gasteiger partial charge in [0.15, 0.2) is 5.75 Å². The molecule has 2 aromatic carbocycles. The van der Waals surface area contributed by atoms with Crippen LogP contribution in [-0.2, 0) is 10.0 Å². The number of halogens is 2. The van der Waals surface area contributed by atoms with Crippen molar-refractivity contribution in [3.63, 3.8) is 0 Å². The smallest absolute Gasteiger partial charge is 0.262 e. The fraction of sp³-hybridized carbons (Fsp3) is 0. The molecule has 0 aliphatic rings. The Morgan fingerprint density at radius 3 is 2.62 bits per heavy atom. The minimum absolute atomic E-state index is 0.0323. The Morgan fingerprint density at radius 1 is 1.29 bits per heavy atom. The highest BCUT2D eigenvalue weighted by Gasteiger charge is 2.18. The number of aromatic hydroxyl groups is 1. The molecule has 0 bridgehead atoms. The van der Waals surface area contributed by atoms with E-state index in [0.29, 0.717) is 4.47 Å². The molecule has 0 atom stereocenters. The standard InChI is InChI=1S/C13H8BrClN2O3S/c14-10-2-1-3-12(13(10)18)17-21(19,20)9-5-4-8(7-16)11(15)6-9/h1-6,17-18H. The maximum atomic E-state index is 12.2. The Balaban J connectivity index is 2.41. The Hall–Kier alpha value is -1.75. The van der Waals surface area contributed by atoms with Gasteiger partial charge >= 0.3 is 0 Å². The van der Waals surface area contributed by atoms with Crippen LogP contribution in [0.5, 0.6) is 5.75 Å². The van der Waals surface area contributed by atoms with Crippen LogP contribution in [0.2, 0.25) is 5.02 Å². The van der Waals surface area contributed by atoms with Gasteiger partial charge in [-0.1, -0.05) is 17.7 Å². The van der Waals surface area contributed by atoms with E-state index in [2.05, 4.69) is 20.7 Å². The molecular formula is C13H8BrClN2O3S. The van der Waals surface area contributed by atoms with Crippen molar-refractivity contribution in [3.8, 4) is 11.8 Å². The second-order valence-corrected chi connectivity index (χ2v) is 6.94. The van der Waals surface area contributed by atoms with Crippen LogP contribution in [0.15, 0.2) is 45.8 Å². The molecule has 2 N–H and O–H groups in total. The van der Waals surface area contributed by atoms with Crippen LogP contribution in [0, 0.1) is 11.3 Å². The highest BCUT2D eigenvalue weighted by atomic mass is 79.9. The van der Waals surface area contributed by atoms with E-state index in [9.17, 15) is 13.5 Å². The Morgan fingerprint density at radius 2 is 2.00 bits per heavy atom. The van der Waals surface area contributed by atoms with E-state index in [-0.39, 0.29) is 26.9 Å². The van der Waals surface area contributed by atoms with Gasteiger partial charge in [0.05, 0.1) is 25.6 Å². The van der Waals surface area contributed by atoms with Gasteiger partial charge < -0.3 is 5.11 Å². The van der Waals surface area contributed by atoms with Crippen LogP contribution in [0.4, 0.5) is 5.69 Å². The van der Waals surface area contributed by atoms with E-state index in [1.54, 1.807) is 12.1 Å². The third-order valence-corrected chi connectivity index (χ3v) is 4.92. The minimum Gasteiger partial charge on any atom is -0.505 e. The number of phenols is 1. The lowest BCUT2D eigenvalue weighted by Gasteiger charge is -2.11. The van der Waals surface area contributed by atoms with Crippen molar-refractivity contribution in [3.05, 3.63) is 51.5 Å². The van der Waals surface area contributed by atoms with Crippen LogP contribution >= 0.6 is 27.5 Å². The summed E-state index contributed by atoms with van der Waals surface area (Å²) in [5.41, 5.74) is 0.214. The molecule has 2 rings (SSSR count). The van der Waals surface area contributed by atoms with Gasteiger partial charge in [0, 0.05) is 0 Å². The molecule has 0 heterocycles. The first kappa shape index (κ1) is 15.6. The number of para-hydroxylation sites is 1. The zero-order chi connectivity index (χ0) is 15.6. The quantitative estimate of drug-likeness (QED) is 0.789. The molecule has 0 unspecified atom stereocenters. The second kappa shape index (κ2) is 5.93. The zero-order valence-corrected chi connectivity index (χ0v) is 13.5. The summed E-state index contributed by atoms with van der Waals surface area (Å²) in [5, 5.41) is 18.6. The van der Waals surface area contributed by atoms with Crippen LogP contribution in [0.25, 0.3) is 0 Å². The van der Waals surface area contributed by atoms with E-state index in [4.69, 9.17) is 16.9 Å². The fourth-order valence-electron chi connectivity index (χ4n) is 1.56. The SMILES string of the molecule is N#Cc1ccc(S(=O)(=O)Nc2cccc(Br)c2O)cc1Cl. The molecule has 5 nitrogen and oxygen atoms in total. The average molecular weight is 388 g/mol. The van der Waals surface area contributed by atoms with Crippen molar-refractivity contribution in [2.24, 2.45) is 0 Å². The summed E-state index contributed by atoms with van der Waals surface area (Å²) in [7, 11) is -3.92. The predicted octanol–water partition coefficient (Wildman–Crippen LogP) is 3.48. The van der Waals surface area contributed by atoms with Gasteiger partial charge in [0.1, 0.15) is 6.07 Å². The van der Waals surface area contributed by atoms with Crippen molar-refractivity contribution < 1.29 is 13.5 Å². The largest absolute Gasteiger partial charge is 0.505 e. The van der Waals surface area contributed by atoms with Gasteiger partial charge in [-0.05, 0) is 46.3 Å². The van der Waals surface area contributed by atoms with Crippen molar-refractivity contribution in [1.29, 1.82) is 5.26 Å². The average Bonchev–Trinajstić information content (AvgIpc) is 2.43. The Kier molecular flexibility index (Phi) is 4.42. The topological polar surface area (TPSA) is 90.2 Å². The van der Waals surface area contributed by atoms with Gasteiger partial charge in [0.25, 0.3) is 10.0 Å². The first-order valence-electron chi connectivity index (χ1n) is 5.55. The van der Waals surface area contributed by atoms with Crippen LogP contribution in [0.1, 0.15) is 5.56 Å². The van der Waals surface area contributed by atoms with Gasteiger partial charge in [-0.15, -0.1) is 0 Å². The zero-order valence-electron chi connectivity index (χ0n) is 10.3. The number of nitrogens with one attached hydrogen (secondary N) is 1. The van der Waals surface area contributed by atoms with Gasteiger partial charge in [-0.3, -0.25) is 4.72 Å². The molecule has 0 spiro atoms.